The molecular weight excluding hydrogens is 488 g/mol. The van der Waals surface area contributed by atoms with Crippen molar-refractivity contribution in [3.05, 3.63) is 0 Å². The minimum atomic E-state index is -1.68. The Morgan fingerprint density at radius 1 is 0.946 bits per heavy atom. The summed E-state index contributed by atoms with van der Waals surface area (Å²) in [4.78, 5) is 72.8. The quantitative estimate of drug-likeness (QED) is 0.0972. The number of amides is 4. The molecule has 0 aliphatic carbocycles. The summed E-state index contributed by atoms with van der Waals surface area (Å²) in [6, 6.07) is -4.23. The lowest BCUT2D eigenvalue weighted by atomic mass is 10.0. The molecule has 0 aromatic carbocycles. The molecule has 14 nitrogen and oxygen atoms in total. The van der Waals surface area contributed by atoms with Gasteiger partial charge >= 0.3 is 11.9 Å². The van der Waals surface area contributed by atoms with E-state index in [1.54, 1.807) is 0 Å². The molecule has 4 atom stereocenters. The van der Waals surface area contributed by atoms with Crippen molar-refractivity contribution in [2.45, 2.75) is 83.0 Å². The molecule has 0 spiro atoms. The highest BCUT2D eigenvalue weighted by molar-refractivity contribution is 5.95. The van der Waals surface area contributed by atoms with E-state index in [2.05, 4.69) is 26.6 Å². The lowest BCUT2D eigenvalue weighted by molar-refractivity contribution is -0.147. The van der Waals surface area contributed by atoms with Crippen molar-refractivity contribution < 1.29 is 39.0 Å². The summed E-state index contributed by atoms with van der Waals surface area (Å²) in [6.07, 6.45) is 2.05. The molecule has 1 fully saturated rings. The Kier molecular flexibility index (Phi) is 14.1. The van der Waals surface area contributed by atoms with Gasteiger partial charge in [0, 0.05) is 0 Å². The topological polar surface area (TPSA) is 229 Å². The normalized spacial score (nSPS) is 17.4. The van der Waals surface area contributed by atoms with E-state index in [1.807, 2.05) is 13.8 Å². The van der Waals surface area contributed by atoms with Gasteiger partial charge < -0.3 is 42.5 Å². The van der Waals surface area contributed by atoms with Crippen LogP contribution in [0.15, 0.2) is 0 Å². The summed E-state index contributed by atoms with van der Waals surface area (Å²) in [7, 11) is 0. The first-order valence-corrected chi connectivity index (χ1v) is 12.5. The highest BCUT2D eigenvalue weighted by atomic mass is 16.4. The van der Waals surface area contributed by atoms with Gasteiger partial charge in [-0.1, -0.05) is 13.8 Å². The summed E-state index contributed by atoms with van der Waals surface area (Å²) in [6.45, 7) is 4.43. The minimum absolute atomic E-state index is 0.00944. The van der Waals surface area contributed by atoms with Crippen LogP contribution in [0.25, 0.3) is 0 Å². The molecule has 1 heterocycles. The third-order valence-corrected chi connectivity index (χ3v) is 5.73. The van der Waals surface area contributed by atoms with Crippen LogP contribution in [0.4, 0.5) is 0 Å². The first-order chi connectivity index (χ1) is 17.4. The largest absolute Gasteiger partial charge is 0.481 e. The number of unbranched alkanes of at least 4 members (excludes halogenated alkanes) is 1. The number of carbonyl (C=O) groups excluding carboxylic acids is 4. The van der Waals surface area contributed by atoms with E-state index in [9.17, 15) is 33.9 Å². The van der Waals surface area contributed by atoms with Gasteiger partial charge in [-0.15, -0.1) is 0 Å². The molecule has 0 radical (unpaired) electrons. The molecule has 1 saturated heterocycles. The Morgan fingerprint density at radius 2 is 1.59 bits per heavy atom. The van der Waals surface area contributed by atoms with Gasteiger partial charge in [0.2, 0.25) is 23.6 Å². The number of carbonyl (C=O) groups is 6. The molecule has 0 bridgehead atoms. The van der Waals surface area contributed by atoms with Crippen LogP contribution >= 0.6 is 0 Å². The Morgan fingerprint density at radius 3 is 2.14 bits per heavy atom. The van der Waals surface area contributed by atoms with Gasteiger partial charge in [-0.05, 0) is 57.5 Å². The number of nitrogens with one attached hydrogen (secondary N) is 5. The second-order valence-electron chi connectivity index (χ2n) is 9.46. The number of nitrogens with two attached hydrogens (primary N) is 1. The van der Waals surface area contributed by atoms with Crippen LogP contribution in [0, 0.1) is 5.92 Å². The Hall–Kier alpha value is -3.26. The van der Waals surface area contributed by atoms with Crippen LogP contribution in [0.5, 0.6) is 0 Å². The van der Waals surface area contributed by atoms with Crippen LogP contribution in [-0.2, 0) is 28.8 Å². The van der Waals surface area contributed by atoms with E-state index in [4.69, 9.17) is 10.8 Å². The van der Waals surface area contributed by atoms with Crippen LogP contribution in [0.2, 0.25) is 0 Å². The Labute approximate surface area is 215 Å². The highest BCUT2D eigenvalue weighted by Gasteiger charge is 2.31. The van der Waals surface area contributed by atoms with Gasteiger partial charge in [0.05, 0.1) is 19.0 Å². The van der Waals surface area contributed by atoms with Gasteiger partial charge in [0.25, 0.3) is 0 Å². The van der Waals surface area contributed by atoms with Crippen molar-refractivity contribution in [2.24, 2.45) is 11.7 Å². The molecule has 1 aliphatic rings. The smallest absolute Gasteiger partial charge is 0.326 e. The van der Waals surface area contributed by atoms with E-state index in [0.717, 1.165) is 13.0 Å². The summed E-state index contributed by atoms with van der Waals surface area (Å²) in [5.41, 5.74) is 5.50. The molecule has 0 aromatic rings. The van der Waals surface area contributed by atoms with Crippen molar-refractivity contribution >= 4 is 35.6 Å². The number of hydrogen-bond acceptors (Lipinski definition) is 8. The maximum absolute atomic E-state index is 13.1. The van der Waals surface area contributed by atoms with Crippen LogP contribution in [0.3, 0.4) is 0 Å². The summed E-state index contributed by atoms with van der Waals surface area (Å²) < 4.78 is 0. The molecule has 0 aromatic heterocycles. The molecule has 9 N–H and O–H groups in total. The average Bonchev–Trinajstić information content (AvgIpc) is 3.35. The highest BCUT2D eigenvalue weighted by Crippen LogP contribution is 2.08. The molecule has 37 heavy (non-hydrogen) atoms. The molecule has 4 amide bonds. The third-order valence-electron chi connectivity index (χ3n) is 5.73. The first kappa shape index (κ1) is 31.8. The third kappa shape index (κ3) is 12.5. The molecule has 14 heteroatoms. The van der Waals surface area contributed by atoms with Crippen molar-refractivity contribution in [2.75, 3.05) is 19.6 Å². The van der Waals surface area contributed by atoms with Crippen molar-refractivity contribution in [1.82, 2.24) is 26.6 Å². The predicted molar refractivity (Wildman–Crippen MR) is 132 cm³/mol. The van der Waals surface area contributed by atoms with E-state index < -0.39 is 54.2 Å². The molecule has 210 valence electrons. The molecule has 0 saturated carbocycles. The van der Waals surface area contributed by atoms with E-state index in [0.29, 0.717) is 25.8 Å². The second-order valence-corrected chi connectivity index (χ2v) is 9.46. The average molecular weight is 529 g/mol. The molecular formula is C23H40N6O8. The zero-order chi connectivity index (χ0) is 28.0. The lowest BCUT2D eigenvalue weighted by Gasteiger charge is -2.25. The van der Waals surface area contributed by atoms with Crippen molar-refractivity contribution in [3.63, 3.8) is 0 Å². The van der Waals surface area contributed by atoms with Gasteiger partial charge in [-0.3, -0.25) is 24.0 Å². The monoisotopic (exact) mass is 528 g/mol. The zero-order valence-corrected chi connectivity index (χ0v) is 21.4. The number of aliphatic carboxylic acids is 2. The maximum atomic E-state index is 13.1. The summed E-state index contributed by atoms with van der Waals surface area (Å²) >= 11 is 0. The summed E-state index contributed by atoms with van der Waals surface area (Å²) in [5.74, 6) is -5.35. The maximum Gasteiger partial charge on any atom is 0.326 e. The van der Waals surface area contributed by atoms with E-state index in [-0.39, 0.29) is 37.3 Å². The number of hydrogen-bond donors (Lipinski definition) is 8. The zero-order valence-electron chi connectivity index (χ0n) is 21.4. The standard InChI is InChI=1S/C23H40N6O8/c1-13(2)10-16(27-18(30)12-26-20(33)14-7-5-9-25-14)22(35)28-15(6-3-4-8-24)21(34)29-17(23(36)37)11-19(31)32/h13-17,25H,3-12,24H2,1-2H3,(H,26,33)(H,27,30)(H,28,35)(H,29,34)(H,31,32)(H,36,37)/t14-,15-,16-,17-/m0/s1. The van der Waals surface area contributed by atoms with Crippen molar-refractivity contribution in [3.8, 4) is 0 Å². The minimum Gasteiger partial charge on any atom is -0.481 e. The fourth-order valence-electron chi connectivity index (χ4n) is 3.83. The summed E-state index contributed by atoms with van der Waals surface area (Å²) in [5, 5.41) is 31.0. The van der Waals surface area contributed by atoms with Gasteiger partial charge in [-0.25, -0.2) is 4.79 Å². The lowest BCUT2D eigenvalue weighted by Crippen LogP contribution is -2.57. The van der Waals surface area contributed by atoms with Gasteiger partial charge in [0.15, 0.2) is 0 Å². The van der Waals surface area contributed by atoms with Gasteiger partial charge in [-0.2, -0.15) is 0 Å². The molecule has 1 aliphatic heterocycles. The number of carboxylic acid groups (broad SMARTS) is 2. The van der Waals surface area contributed by atoms with Crippen LogP contribution in [0.1, 0.15) is 58.8 Å². The van der Waals surface area contributed by atoms with E-state index in [1.165, 1.54) is 0 Å². The number of carboxylic acids is 2. The first-order valence-electron chi connectivity index (χ1n) is 12.5. The van der Waals surface area contributed by atoms with Crippen LogP contribution in [-0.4, -0.2) is 89.6 Å². The van der Waals surface area contributed by atoms with Crippen LogP contribution < -0.4 is 32.3 Å². The van der Waals surface area contributed by atoms with E-state index >= 15 is 0 Å². The number of rotatable bonds is 17. The molecule has 0 unspecified atom stereocenters. The predicted octanol–water partition coefficient (Wildman–Crippen LogP) is -1.96. The van der Waals surface area contributed by atoms with Crippen molar-refractivity contribution in [1.29, 1.82) is 0 Å². The fraction of sp³-hybridized carbons (Fsp3) is 0.739. The fourth-order valence-corrected chi connectivity index (χ4v) is 3.83. The van der Waals surface area contributed by atoms with Gasteiger partial charge in [0.1, 0.15) is 18.1 Å². The Balaban J connectivity index is 2.85. The SMILES string of the molecule is CC(C)C[C@H](NC(=O)CNC(=O)[C@@H]1CCCN1)C(=O)N[C@@H](CCCCN)C(=O)N[C@@H](CC(=O)O)C(=O)O. The second kappa shape index (κ2) is 16.5. The molecule has 1 rings (SSSR count). The Bertz CT molecular complexity index is 815.